The molecule has 152 valence electrons. The van der Waals surface area contributed by atoms with Gasteiger partial charge >= 0.3 is 11.9 Å². The van der Waals surface area contributed by atoms with Crippen LogP contribution in [0.5, 0.6) is 11.5 Å². The predicted octanol–water partition coefficient (Wildman–Crippen LogP) is 4.91. The Balaban J connectivity index is 1.59. The van der Waals surface area contributed by atoms with Gasteiger partial charge in [-0.05, 0) is 48.1 Å². The fourth-order valence-electron chi connectivity index (χ4n) is 3.50. The molecule has 5 nitrogen and oxygen atoms in total. The lowest BCUT2D eigenvalue weighted by atomic mass is 10.1. The summed E-state index contributed by atoms with van der Waals surface area (Å²) < 4.78 is 16.1. The maximum Gasteiger partial charge on any atom is 0.333 e. The molecule has 29 heavy (non-hydrogen) atoms. The van der Waals surface area contributed by atoms with E-state index in [1.54, 1.807) is 6.92 Å². The Morgan fingerprint density at radius 3 is 2.41 bits per heavy atom. The fourth-order valence-corrected chi connectivity index (χ4v) is 3.50. The molecule has 1 aliphatic rings. The first-order chi connectivity index (χ1) is 13.8. The number of rotatable bonds is 7. The Morgan fingerprint density at radius 1 is 1.03 bits per heavy atom. The fraction of sp³-hybridized carbons (Fsp3) is 0.333. The molecule has 0 N–H and O–H groups in total. The third-order valence-corrected chi connectivity index (χ3v) is 5.36. The first-order valence-corrected chi connectivity index (χ1v) is 9.58. The van der Waals surface area contributed by atoms with Crippen LogP contribution in [-0.2, 0) is 25.7 Å². The number of benzene rings is 2. The molecule has 1 saturated carbocycles. The average Bonchev–Trinajstić information content (AvgIpc) is 3.26. The van der Waals surface area contributed by atoms with E-state index in [-0.39, 0.29) is 35.8 Å². The number of para-hydroxylation sites is 1. The highest BCUT2D eigenvalue weighted by atomic mass is 16.5. The minimum absolute atomic E-state index is 0.0400. The average molecular weight is 394 g/mol. The van der Waals surface area contributed by atoms with Crippen molar-refractivity contribution in [2.75, 3.05) is 7.11 Å². The van der Waals surface area contributed by atoms with E-state index in [0.717, 1.165) is 11.3 Å². The molecule has 0 spiro atoms. The van der Waals surface area contributed by atoms with Gasteiger partial charge in [0.05, 0.1) is 13.0 Å². The van der Waals surface area contributed by atoms with Crippen molar-refractivity contribution in [1.29, 1.82) is 0 Å². The van der Waals surface area contributed by atoms with Crippen molar-refractivity contribution in [1.82, 2.24) is 0 Å². The molecule has 2 aromatic carbocycles. The van der Waals surface area contributed by atoms with Crippen LogP contribution < -0.4 is 4.74 Å². The van der Waals surface area contributed by atoms with Crippen LogP contribution in [0.1, 0.15) is 26.3 Å². The van der Waals surface area contributed by atoms with Crippen LogP contribution in [0.25, 0.3) is 0 Å². The number of ether oxygens (including phenoxy) is 3. The van der Waals surface area contributed by atoms with Crippen LogP contribution in [0.3, 0.4) is 0 Å². The Morgan fingerprint density at radius 2 is 1.72 bits per heavy atom. The quantitative estimate of drug-likeness (QED) is 0.493. The first-order valence-electron chi connectivity index (χ1n) is 9.58. The Hall–Kier alpha value is -3.08. The van der Waals surface area contributed by atoms with E-state index in [1.807, 2.05) is 74.5 Å². The molecule has 0 bridgehead atoms. The number of carbonyl (C=O) groups excluding carboxylic acids is 2. The third-order valence-electron chi connectivity index (χ3n) is 5.36. The third kappa shape index (κ3) is 4.86. The van der Waals surface area contributed by atoms with Crippen molar-refractivity contribution >= 4 is 11.9 Å². The second-order valence-electron chi connectivity index (χ2n) is 7.84. The van der Waals surface area contributed by atoms with Crippen molar-refractivity contribution in [2.45, 2.75) is 27.4 Å². The van der Waals surface area contributed by atoms with E-state index in [4.69, 9.17) is 14.2 Å². The van der Waals surface area contributed by atoms with Gasteiger partial charge < -0.3 is 14.2 Å². The molecule has 3 rings (SSSR count). The minimum atomic E-state index is -0.380. The summed E-state index contributed by atoms with van der Waals surface area (Å²) in [5.41, 5.74) is 1.11. The van der Waals surface area contributed by atoms with Crippen molar-refractivity contribution < 1.29 is 23.8 Å². The van der Waals surface area contributed by atoms with Gasteiger partial charge in [-0.2, -0.15) is 0 Å². The van der Waals surface area contributed by atoms with Gasteiger partial charge in [0.15, 0.2) is 0 Å². The van der Waals surface area contributed by atoms with Crippen molar-refractivity contribution in [2.24, 2.45) is 17.3 Å². The lowest BCUT2D eigenvalue weighted by Gasteiger charge is -2.09. The van der Waals surface area contributed by atoms with Crippen LogP contribution in [0, 0.1) is 17.3 Å². The summed E-state index contributed by atoms with van der Waals surface area (Å²) in [7, 11) is 1.35. The maximum absolute atomic E-state index is 12.6. The molecule has 0 aromatic heterocycles. The largest absolute Gasteiger partial charge is 0.466 e. The summed E-state index contributed by atoms with van der Waals surface area (Å²) >= 11 is 0. The van der Waals surface area contributed by atoms with Gasteiger partial charge in [0.25, 0.3) is 0 Å². The van der Waals surface area contributed by atoms with E-state index >= 15 is 0 Å². The summed E-state index contributed by atoms with van der Waals surface area (Å²) in [6.07, 6.45) is 1.81. The Bertz CT molecular complexity index is 914. The number of carbonyl (C=O) groups is 2. The van der Waals surface area contributed by atoms with Gasteiger partial charge in [-0.3, -0.25) is 4.79 Å². The summed E-state index contributed by atoms with van der Waals surface area (Å²) in [6.45, 7) is 5.86. The lowest BCUT2D eigenvalue weighted by molar-refractivity contribution is -0.147. The summed E-state index contributed by atoms with van der Waals surface area (Å²) in [6, 6.07) is 17.0. The summed E-state index contributed by atoms with van der Waals surface area (Å²) in [5.74, 6) is 0.481. The van der Waals surface area contributed by atoms with Gasteiger partial charge in [0.1, 0.15) is 18.1 Å². The lowest BCUT2D eigenvalue weighted by Crippen LogP contribution is -2.10. The molecular weight excluding hydrogens is 368 g/mol. The SMILES string of the molecule is COC(=O)C(C)=CC1C(C(=O)OCc2cccc(Oc3ccccc3)c2)C1(C)C. The van der Waals surface area contributed by atoms with E-state index < -0.39 is 0 Å². The second-order valence-corrected chi connectivity index (χ2v) is 7.84. The van der Waals surface area contributed by atoms with Crippen molar-refractivity contribution in [3.05, 3.63) is 71.8 Å². The Kier molecular flexibility index (Phi) is 6.06. The zero-order chi connectivity index (χ0) is 21.0. The molecule has 0 aliphatic heterocycles. The minimum Gasteiger partial charge on any atom is -0.466 e. The Labute approximate surface area is 171 Å². The topological polar surface area (TPSA) is 61.8 Å². The van der Waals surface area contributed by atoms with Crippen molar-refractivity contribution in [3.8, 4) is 11.5 Å². The summed E-state index contributed by atoms with van der Waals surface area (Å²) in [5, 5.41) is 0. The second kappa shape index (κ2) is 8.52. The van der Waals surface area contributed by atoms with Gasteiger partial charge in [-0.1, -0.05) is 50.3 Å². The first kappa shape index (κ1) is 20.6. The standard InChI is InChI=1S/C24H26O5/c1-16(22(25)27-4)13-20-21(24(20,2)3)23(26)28-15-17-9-8-12-19(14-17)29-18-10-6-5-7-11-18/h5-14,20-21H,15H2,1-4H3. The van der Waals surface area contributed by atoms with Crippen LogP contribution in [0.15, 0.2) is 66.2 Å². The van der Waals surface area contributed by atoms with E-state index in [2.05, 4.69) is 0 Å². The maximum atomic E-state index is 12.6. The number of allylic oxidation sites excluding steroid dienone is 1. The molecule has 2 atom stereocenters. The molecule has 0 radical (unpaired) electrons. The molecule has 2 unspecified atom stereocenters. The van der Waals surface area contributed by atoms with Gasteiger partial charge in [0, 0.05) is 5.57 Å². The molecule has 1 fully saturated rings. The number of methoxy groups -OCH3 is 1. The van der Waals surface area contributed by atoms with Crippen LogP contribution in [-0.4, -0.2) is 19.0 Å². The number of hydrogen-bond donors (Lipinski definition) is 0. The molecular formula is C24H26O5. The van der Waals surface area contributed by atoms with Crippen LogP contribution in [0.4, 0.5) is 0 Å². The molecule has 5 heteroatoms. The van der Waals surface area contributed by atoms with Gasteiger partial charge in [-0.25, -0.2) is 4.79 Å². The molecule has 0 saturated heterocycles. The smallest absolute Gasteiger partial charge is 0.333 e. The normalized spacial score (nSPS) is 19.9. The van der Waals surface area contributed by atoms with Gasteiger partial charge in [-0.15, -0.1) is 0 Å². The zero-order valence-electron chi connectivity index (χ0n) is 17.2. The van der Waals surface area contributed by atoms with Gasteiger partial charge in [0.2, 0.25) is 0 Å². The number of esters is 2. The van der Waals surface area contributed by atoms with Crippen molar-refractivity contribution in [3.63, 3.8) is 0 Å². The molecule has 1 aliphatic carbocycles. The summed E-state index contributed by atoms with van der Waals surface area (Å²) in [4.78, 5) is 24.2. The van der Waals surface area contributed by atoms with Crippen LogP contribution in [0.2, 0.25) is 0 Å². The number of hydrogen-bond acceptors (Lipinski definition) is 5. The predicted molar refractivity (Wildman–Crippen MR) is 109 cm³/mol. The highest BCUT2D eigenvalue weighted by molar-refractivity contribution is 5.88. The molecule has 0 amide bonds. The van der Waals surface area contributed by atoms with Crippen LogP contribution >= 0.6 is 0 Å². The van der Waals surface area contributed by atoms with E-state index in [1.165, 1.54) is 7.11 Å². The monoisotopic (exact) mass is 394 g/mol. The highest BCUT2D eigenvalue weighted by Crippen LogP contribution is 2.59. The molecule has 2 aromatic rings. The van der Waals surface area contributed by atoms with E-state index in [0.29, 0.717) is 11.3 Å². The zero-order valence-corrected chi connectivity index (χ0v) is 17.2. The molecule has 0 heterocycles. The highest BCUT2D eigenvalue weighted by Gasteiger charge is 2.61. The van der Waals surface area contributed by atoms with E-state index in [9.17, 15) is 9.59 Å².